The molecule has 3 aromatic rings. The zero-order valence-corrected chi connectivity index (χ0v) is 20.3. The number of thiazole rings is 1. The molecule has 2 aliphatic rings. The highest BCUT2D eigenvalue weighted by Gasteiger charge is 2.54. The summed E-state index contributed by atoms with van der Waals surface area (Å²) in [5.41, 5.74) is 8.51. The number of hydrogen-bond acceptors (Lipinski definition) is 7. The maximum absolute atomic E-state index is 13.0. The standard InChI is InChI=1S/C26H25N5O3S/c1-14-22(35-15(2)30-14)17-6-16(13-27)7-18(8-17)24(33)31-19-9-26(10-19)11-20(12-26)34-25-21(23(28)32)4-3-5-29-25/h3-8,19-20H,9-12H2,1-2H3,(H2,28,32)(H,31,33). The minimum absolute atomic E-state index is 0.0133. The van der Waals surface area contributed by atoms with Gasteiger partial charge in [-0.05, 0) is 80.8 Å². The number of aromatic nitrogens is 2. The first-order valence-corrected chi connectivity index (χ1v) is 12.3. The van der Waals surface area contributed by atoms with E-state index in [0.29, 0.717) is 11.1 Å². The molecule has 2 heterocycles. The Hall–Kier alpha value is -3.77. The Kier molecular flexibility index (Phi) is 5.77. The number of hydrogen-bond donors (Lipinski definition) is 2. The first kappa shape index (κ1) is 23.0. The third kappa shape index (κ3) is 4.49. The van der Waals surface area contributed by atoms with Gasteiger partial charge in [-0.25, -0.2) is 9.97 Å². The van der Waals surface area contributed by atoms with Crippen molar-refractivity contribution in [2.45, 2.75) is 51.7 Å². The molecule has 2 aliphatic carbocycles. The lowest BCUT2D eigenvalue weighted by molar-refractivity contribution is -0.0848. The summed E-state index contributed by atoms with van der Waals surface area (Å²) < 4.78 is 5.92. The minimum atomic E-state index is -0.558. The van der Waals surface area contributed by atoms with Crippen molar-refractivity contribution in [2.75, 3.05) is 0 Å². The van der Waals surface area contributed by atoms with E-state index in [2.05, 4.69) is 21.4 Å². The van der Waals surface area contributed by atoms with Crippen LogP contribution < -0.4 is 15.8 Å². The Bertz CT molecular complexity index is 1360. The van der Waals surface area contributed by atoms with E-state index in [9.17, 15) is 14.9 Å². The molecule has 8 nitrogen and oxygen atoms in total. The van der Waals surface area contributed by atoms with Crippen molar-refractivity contribution in [3.8, 4) is 22.4 Å². The number of pyridine rings is 1. The normalized spacial score (nSPS) is 22.5. The van der Waals surface area contributed by atoms with Crippen molar-refractivity contribution in [1.82, 2.24) is 15.3 Å². The van der Waals surface area contributed by atoms with Crippen LogP contribution in [-0.2, 0) is 0 Å². The van der Waals surface area contributed by atoms with Gasteiger partial charge in [0.15, 0.2) is 0 Å². The van der Waals surface area contributed by atoms with Crippen LogP contribution in [0.4, 0.5) is 0 Å². The van der Waals surface area contributed by atoms with Gasteiger partial charge in [0.05, 0.1) is 27.2 Å². The number of carbonyl (C=O) groups is 2. The van der Waals surface area contributed by atoms with Gasteiger partial charge in [0.1, 0.15) is 11.7 Å². The number of aryl methyl sites for hydroxylation is 2. The van der Waals surface area contributed by atoms with E-state index >= 15 is 0 Å². The number of nitrogens with zero attached hydrogens (tertiary/aromatic N) is 3. The number of nitriles is 1. The van der Waals surface area contributed by atoms with Gasteiger partial charge in [-0.2, -0.15) is 5.26 Å². The summed E-state index contributed by atoms with van der Waals surface area (Å²) in [6.07, 6.45) is 5.02. The molecule has 1 spiro atoms. The third-order valence-corrected chi connectivity index (χ3v) is 7.94. The van der Waals surface area contributed by atoms with Crippen LogP contribution in [0.2, 0.25) is 0 Å². The van der Waals surface area contributed by atoms with Crippen molar-refractivity contribution < 1.29 is 14.3 Å². The average Bonchev–Trinajstić information content (AvgIpc) is 3.13. The summed E-state index contributed by atoms with van der Waals surface area (Å²) in [5, 5.41) is 13.5. The van der Waals surface area contributed by atoms with Crippen molar-refractivity contribution >= 4 is 23.2 Å². The molecule has 2 fully saturated rings. The second-order valence-electron chi connectivity index (χ2n) is 9.51. The molecule has 178 valence electrons. The van der Waals surface area contributed by atoms with Crippen molar-refractivity contribution in [3.63, 3.8) is 0 Å². The quantitative estimate of drug-likeness (QED) is 0.542. The number of nitrogens with one attached hydrogen (secondary N) is 1. The van der Waals surface area contributed by atoms with Crippen LogP contribution in [0.15, 0.2) is 36.5 Å². The van der Waals surface area contributed by atoms with E-state index in [4.69, 9.17) is 10.5 Å². The maximum Gasteiger partial charge on any atom is 0.254 e. The van der Waals surface area contributed by atoms with Gasteiger partial charge in [0, 0.05) is 17.8 Å². The zero-order chi connectivity index (χ0) is 24.7. The van der Waals surface area contributed by atoms with E-state index in [1.54, 1.807) is 41.8 Å². The molecule has 3 N–H and O–H groups in total. The molecule has 0 unspecified atom stereocenters. The maximum atomic E-state index is 13.0. The van der Waals surface area contributed by atoms with E-state index in [-0.39, 0.29) is 34.9 Å². The number of rotatable bonds is 6. The summed E-state index contributed by atoms with van der Waals surface area (Å²) in [7, 11) is 0. The van der Waals surface area contributed by atoms with E-state index in [0.717, 1.165) is 46.8 Å². The number of amides is 2. The van der Waals surface area contributed by atoms with Gasteiger partial charge in [-0.15, -0.1) is 11.3 Å². The van der Waals surface area contributed by atoms with Gasteiger partial charge >= 0.3 is 0 Å². The number of primary amides is 1. The molecule has 0 aliphatic heterocycles. The number of ether oxygens (including phenoxy) is 1. The van der Waals surface area contributed by atoms with Crippen molar-refractivity contribution in [3.05, 3.63) is 63.9 Å². The van der Waals surface area contributed by atoms with E-state index < -0.39 is 5.91 Å². The monoisotopic (exact) mass is 487 g/mol. The summed E-state index contributed by atoms with van der Waals surface area (Å²) in [6.45, 7) is 3.88. The molecular formula is C26H25N5O3S. The highest BCUT2D eigenvalue weighted by Crippen LogP contribution is 2.56. The minimum Gasteiger partial charge on any atom is -0.474 e. The van der Waals surface area contributed by atoms with Gasteiger partial charge in [0.25, 0.3) is 11.8 Å². The molecule has 2 amide bonds. The van der Waals surface area contributed by atoms with Crippen LogP contribution in [0, 0.1) is 30.6 Å². The summed E-state index contributed by atoms with van der Waals surface area (Å²) in [6, 6.07) is 10.8. The molecule has 0 saturated heterocycles. The molecular weight excluding hydrogens is 462 g/mol. The first-order chi connectivity index (χ1) is 16.7. The number of benzene rings is 1. The smallest absolute Gasteiger partial charge is 0.254 e. The lowest BCUT2D eigenvalue weighted by Gasteiger charge is -2.57. The number of carbonyl (C=O) groups excluding carboxylic acids is 2. The highest BCUT2D eigenvalue weighted by atomic mass is 32.1. The van der Waals surface area contributed by atoms with Crippen LogP contribution >= 0.6 is 11.3 Å². The largest absolute Gasteiger partial charge is 0.474 e. The van der Waals surface area contributed by atoms with Gasteiger partial charge in [-0.1, -0.05) is 0 Å². The zero-order valence-electron chi connectivity index (χ0n) is 19.5. The van der Waals surface area contributed by atoms with Crippen LogP contribution in [0.3, 0.4) is 0 Å². The molecule has 9 heteroatoms. The average molecular weight is 488 g/mol. The Balaban J connectivity index is 1.19. The topological polar surface area (TPSA) is 131 Å². The Morgan fingerprint density at radius 1 is 1.23 bits per heavy atom. The Labute approximate surface area is 207 Å². The molecule has 2 saturated carbocycles. The molecule has 0 radical (unpaired) electrons. The summed E-state index contributed by atoms with van der Waals surface area (Å²) >= 11 is 1.56. The van der Waals surface area contributed by atoms with E-state index in [1.807, 2.05) is 19.9 Å². The van der Waals surface area contributed by atoms with Crippen LogP contribution in [-0.4, -0.2) is 33.9 Å². The second-order valence-corrected chi connectivity index (χ2v) is 10.7. The SMILES string of the molecule is Cc1nc(C)c(-c2cc(C#N)cc(C(=O)NC3CC4(C3)CC(Oc3ncccc3C(N)=O)C4)c2)s1. The lowest BCUT2D eigenvalue weighted by Crippen LogP contribution is -2.58. The van der Waals surface area contributed by atoms with Crippen LogP contribution in [0.25, 0.3) is 10.4 Å². The van der Waals surface area contributed by atoms with E-state index in [1.165, 1.54) is 0 Å². The fourth-order valence-electron chi connectivity index (χ4n) is 5.26. The first-order valence-electron chi connectivity index (χ1n) is 11.5. The lowest BCUT2D eigenvalue weighted by atomic mass is 9.53. The second kappa shape index (κ2) is 8.78. The van der Waals surface area contributed by atoms with Crippen molar-refractivity contribution in [1.29, 1.82) is 5.26 Å². The molecule has 0 atom stereocenters. The Morgan fingerprint density at radius 2 is 2.00 bits per heavy atom. The Morgan fingerprint density at radius 3 is 2.66 bits per heavy atom. The molecule has 2 aromatic heterocycles. The van der Waals surface area contributed by atoms with Crippen LogP contribution in [0.1, 0.15) is 62.7 Å². The predicted molar refractivity (Wildman–Crippen MR) is 131 cm³/mol. The molecule has 35 heavy (non-hydrogen) atoms. The number of nitrogens with two attached hydrogens (primary N) is 1. The van der Waals surface area contributed by atoms with Gasteiger partial charge in [0.2, 0.25) is 5.88 Å². The fourth-order valence-corrected chi connectivity index (χ4v) is 6.17. The highest BCUT2D eigenvalue weighted by molar-refractivity contribution is 7.15. The van der Waals surface area contributed by atoms with Gasteiger partial charge in [-0.3, -0.25) is 9.59 Å². The third-order valence-electron chi connectivity index (χ3n) is 6.82. The fraction of sp³-hybridized carbons (Fsp3) is 0.346. The van der Waals surface area contributed by atoms with Crippen molar-refractivity contribution in [2.24, 2.45) is 11.1 Å². The van der Waals surface area contributed by atoms with Crippen LogP contribution in [0.5, 0.6) is 5.88 Å². The molecule has 5 rings (SSSR count). The molecule has 0 bridgehead atoms. The molecule has 1 aromatic carbocycles. The predicted octanol–water partition coefficient (Wildman–Crippen LogP) is 3.91. The summed E-state index contributed by atoms with van der Waals surface area (Å²) in [5.74, 6) is -0.449. The summed E-state index contributed by atoms with van der Waals surface area (Å²) in [4.78, 5) is 34.2. The van der Waals surface area contributed by atoms with Gasteiger partial charge < -0.3 is 15.8 Å².